The van der Waals surface area contributed by atoms with E-state index in [0.717, 1.165) is 29.0 Å². The molecule has 2 N–H and O–H groups in total. The highest BCUT2D eigenvalue weighted by atomic mass is 35.5. The molecule has 0 unspecified atom stereocenters. The van der Waals surface area contributed by atoms with E-state index >= 15 is 0 Å². The van der Waals surface area contributed by atoms with Crippen molar-refractivity contribution < 1.29 is 9.53 Å². The molecular weight excluding hydrogens is 502 g/mol. The molecule has 1 fully saturated rings. The molecule has 0 aliphatic heterocycles. The summed E-state index contributed by atoms with van der Waals surface area (Å²) in [4.78, 5) is 34.7. The lowest BCUT2D eigenvalue weighted by molar-refractivity contribution is 0.0945. The second-order valence-electron chi connectivity index (χ2n) is 9.39. The van der Waals surface area contributed by atoms with Crippen molar-refractivity contribution in [3.05, 3.63) is 117 Å². The molecule has 0 saturated heterocycles. The largest absolute Gasteiger partial charge is 0.486 e. The average molecular weight is 526 g/mol. The molecule has 0 atom stereocenters. The van der Waals surface area contributed by atoms with Crippen molar-refractivity contribution in [1.82, 2.24) is 24.9 Å². The van der Waals surface area contributed by atoms with E-state index in [1.54, 1.807) is 24.3 Å². The van der Waals surface area contributed by atoms with Gasteiger partial charge in [-0.05, 0) is 36.6 Å². The van der Waals surface area contributed by atoms with Crippen LogP contribution in [0.4, 0.5) is 0 Å². The fourth-order valence-electron chi connectivity index (χ4n) is 4.59. The molecule has 0 spiro atoms. The van der Waals surface area contributed by atoms with Crippen LogP contribution in [-0.4, -0.2) is 32.0 Å². The summed E-state index contributed by atoms with van der Waals surface area (Å²) >= 11 is 6.42. The number of rotatable bonds is 8. The van der Waals surface area contributed by atoms with Gasteiger partial charge in [0.25, 0.3) is 17.2 Å². The Bertz CT molecular complexity index is 1690. The number of para-hydroxylation sites is 1. The monoisotopic (exact) mass is 525 g/mol. The Balaban J connectivity index is 1.17. The van der Waals surface area contributed by atoms with Gasteiger partial charge >= 0.3 is 0 Å². The minimum absolute atomic E-state index is 0.00707. The lowest BCUT2D eigenvalue weighted by Gasteiger charge is -2.18. The van der Waals surface area contributed by atoms with Crippen LogP contribution in [0.2, 0.25) is 5.02 Å². The van der Waals surface area contributed by atoms with Gasteiger partial charge in [-0.2, -0.15) is 9.50 Å². The number of aromatic nitrogens is 4. The fraction of sp³-hybridized carbons (Fsp3) is 0.172. The average Bonchev–Trinajstić information content (AvgIpc) is 3.60. The first kappa shape index (κ1) is 23.9. The second kappa shape index (κ2) is 9.79. The molecule has 2 heterocycles. The molecule has 190 valence electrons. The number of halogens is 1. The number of ether oxygens (including phenoxy) is 1. The van der Waals surface area contributed by atoms with Gasteiger partial charge in [0.2, 0.25) is 0 Å². The van der Waals surface area contributed by atoms with Gasteiger partial charge in [0.1, 0.15) is 12.4 Å². The molecule has 1 aliphatic carbocycles. The molecule has 8 nitrogen and oxygen atoms in total. The van der Waals surface area contributed by atoms with Crippen LogP contribution in [0, 0.1) is 0 Å². The summed E-state index contributed by atoms with van der Waals surface area (Å²) < 4.78 is 7.25. The van der Waals surface area contributed by atoms with Crippen molar-refractivity contribution in [2.75, 3.05) is 6.54 Å². The number of nitrogens with zero attached hydrogens (tertiary/aromatic N) is 3. The van der Waals surface area contributed by atoms with Gasteiger partial charge in [0.15, 0.2) is 5.82 Å². The zero-order valence-electron chi connectivity index (χ0n) is 20.4. The van der Waals surface area contributed by atoms with Crippen molar-refractivity contribution in [2.24, 2.45) is 0 Å². The number of amides is 1. The van der Waals surface area contributed by atoms with Gasteiger partial charge in [0, 0.05) is 28.6 Å². The normalized spacial score (nSPS) is 13.8. The van der Waals surface area contributed by atoms with E-state index in [9.17, 15) is 9.59 Å². The van der Waals surface area contributed by atoms with Crippen LogP contribution in [0.1, 0.15) is 34.5 Å². The molecule has 0 radical (unpaired) electrons. The number of aromatic amines is 1. The number of benzene rings is 3. The Kier molecular flexibility index (Phi) is 6.17. The van der Waals surface area contributed by atoms with Crippen LogP contribution < -0.4 is 15.6 Å². The number of carbonyl (C=O) groups is 1. The zero-order chi connectivity index (χ0) is 26.1. The number of fused-ring (bicyclic) bond motifs is 1. The van der Waals surface area contributed by atoms with Crippen molar-refractivity contribution in [1.29, 1.82) is 0 Å². The number of carbonyl (C=O) groups excluding carboxylic acids is 1. The first-order valence-corrected chi connectivity index (χ1v) is 12.7. The number of hydrogen-bond acceptors (Lipinski definition) is 5. The van der Waals surface area contributed by atoms with Gasteiger partial charge in [-0.3, -0.25) is 14.7 Å². The van der Waals surface area contributed by atoms with E-state index < -0.39 is 0 Å². The molecule has 0 bridgehead atoms. The molecule has 2 aromatic heterocycles. The molecule has 6 rings (SSSR count). The van der Waals surface area contributed by atoms with Crippen LogP contribution in [0.3, 0.4) is 0 Å². The van der Waals surface area contributed by atoms with Crippen LogP contribution in [-0.2, 0) is 12.0 Å². The smallest absolute Gasteiger partial charge is 0.274 e. The van der Waals surface area contributed by atoms with Gasteiger partial charge in [-0.25, -0.2) is 4.98 Å². The molecule has 9 heteroatoms. The summed E-state index contributed by atoms with van der Waals surface area (Å²) in [5.41, 5.74) is 2.29. The Morgan fingerprint density at radius 2 is 1.74 bits per heavy atom. The van der Waals surface area contributed by atoms with Gasteiger partial charge < -0.3 is 10.1 Å². The van der Waals surface area contributed by atoms with E-state index in [-0.39, 0.29) is 29.3 Å². The number of hydrogen-bond donors (Lipinski definition) is 2. The van der Waals surface area contributed by atoms with Crippen LogP contribution in [0.25, 0.3) is 17.2 Å². The maximum atomic E-state index is 13.1. The molecule has 1 amide bonds. The van der Waals surface area contributed by atoms with Gasteiger partial charge in [0.05, 0.1) is 11.3 Å². The first-order valence-electron chi connectivity index (χ1n) is 12.3. The standard InChI is InChI=1S/C29H24ClN5O3/c30-23-12-6-5-11-22(23)29(14-15-29)18-31-27(37)21-10-4-7-13-24(21)38-17-20-16-25(36)35-28(32-20)33-26(34-35)19-8-2-1-3-9-19/h1-13,16H,14-15,17-18H2,(H,31,37)(H,32,33,34). The Labute approximate surface area is 223 Å². The van der Waals surface area contributed by atoms with Crippen LogP contribution >= 0.6 is 11.6 Å². The fourth-order valence-corrected chi connectivity index (χ4v) is 4.92. The Morgan fingerprint density at radius 1 is 1.00 bits per heavy atom. The Morgan fingerprint density at radius 3 is 2.53 bits per heavy atom. The molecular formula is C29H24ClN5O3. The summed E-state index contributed by atoms with van der Waals surface area (Å²) in [7, 11) is 0. The van der Waals surface area contributed by atoms with Crippen molar-refractivity contribution >= 4 is 23.3 Å². The summed E-state index contributed by atoms with van der Waals surface area (Å²) in [6, 6.07) is 25.7. The zero-order valence-corrected chi connectivity index (χ0v) is 21.1. The molecule has 3 aromatic carbocycles. The van der Waals surface area contributed by atoms with E-state index in [2.05, 4.69) is 20.4 Å². The first-order chi connectivity index (χ1) is 18.5. The van der Waals surface area contributed by atoms with E-state index in [0.29, 0.717) is 29.4 Å². The molecule has 5 aromatic rings. The minimum Gasteiger partial charge on any atom is -0.486 e. The third kappa shape index (κ3) is 4.66. The minimum atomic E-state index is -0.302. The predicted octanol–water partition coefficient (Wildman–Crippen LogP) is 4.78. The quantitative estimate of drug-likeness (QED) is 0.303. The highest BCUT2D eigenvalue weighted by molar-refractivity contribution is 6.31. The Hall–Kier alpha value is -4.43. The molecule has 1 saturated carbocycles. The maximum Gasteiger partial charge on any atom is 0.274 e. The summed E-state index contributed by atoms with van der Waals surface area (Å²) in [5, 5.41) is 6.76. The maximum absolute atomic E-state index is 13.1. The SMILES string of the molecule is O=C(NCC1(c2ccccc2Cl)CC1)c1ccccc1OCc1cc(=O)n2[nH]c(-c3ccccc3)nc2n1. The third-order valence-corrected chi connectivity index (χ3v) is 7.15. The third-order valence-electron chi connectivity index (χ3n) is 6.82. The van der Waals surface area contributed by atoms with Crippen LogP contribution in [0.15, 0.2) is 89.7 Å². The molecule has 38 heavy (non-hydrogen) atoms. The predicted molar refractivity (Wildman–Crippen MR) is 145 cm³/mol. The van der Waals surface area contributed by atoms with Gasteiger partial charge in [-0.1, -0.05) is 72.3 Å². The van der Waals surface area contributed by atoms with E-state index in [1.807, 2.05) is 54.6 Å². The van der Waals surface area contributed by atoms with Crippen molar-refractivity contribution in [3.8, 4) is 17.1 Å². The van der Waals surface area contributed by atoms with E-state index in [4.69, 9.17) is 16.3 Å². The summed E-state index contributed by atoms with van der Waals surface area (Å²) in [5.74, 6) is 0.958. The lowest BCUT2D eigenvalue weighted by Crippen LogP contribution is -2.32. The second-order valence-corrected chi connectivity index (χ2v) is 9.79. The van der Waals surface area contributed by atoms with E-state index in [1.165, 1.54) is 10.6 Å². The highest BCUT2D eigenvalue weighted by Gasteiger charge is 2.45. The highest BCUT2D eigenvalue weighted by Crippen LogP contribution is 2.49. The van der Waals surface area contributed by atoms with Crippen molar-refractivity contribution in [3.63, 3.8) is 0 Å². The number of H-pyrrole nitrogens is 1. The topological polar surface area (TPSA) is 101 Å². The summed E-state index contributed by atoms with van der Waals surface area (Å²) in [6.07, 6.45) is 1.94. The summed E-state index contributed by atoms with van der Waals surface area (Å²) in [6.45, 7) is 0.495. The van der Waals surface area contributed by atoms with Crippen molar-refractivity contribution in [2.45, 2.75) is 24.9 Å². The molecule has 1 aliphatic rings. The van der Waals surface area contributed by atoms with Crippen LogP contribution in [0.5, 0.6) is 5.75 Å². The lowest BCUT2D eigenvalue weighted by atomic mass is 9.95. The number of nitrogens with one attached hydrogen (secondary N) is 2. The van der Waals surface area contributed by atoms with Gasteiger partial charge in [-0.15, -0.1) is 0 Å².